The van der Waals surface area contributed by atoms with Gasteiger partial charge >= 0.3 is 5.97 Å². The first-order valence-corrected chi connectivity index (χ1v) is 14.5. The number of carboxylic acid groups (broad SMARTS) is 1. The fourth-order valence-electron chi connectivity index (χ4n) is 5.41. The number of carbonyl (C=O) groups is 2. The number of nitrogens with zero attached hydrogens (tertiary/aromatic N) is 2. The van der Waals surface area contributed by atoms with Gasteiger partial charge < -0.3 is 10.0 Å². The molecule has 1 aliphatic heterocycles. The maximum absolute atomic E-state index is 14.5. The molecule has 194 valence electrons. The van der Waals surface area contributed by atoms with Gasteiger partial charge in [0.15, 0.2) is 0 Å². The van der Waals surface area contributed by atoms with Crippen LogP contribution in [0.4, 0.5) is 10.1 Å². The molecule has 2 heterocycles. The molecular weight excluding hydrogens is 515 g/mol. The average Bonchev–Trinajstić information content (AvgIpc) is 3.35. The van der Waals surface area contributed by atoms with Crippen LogP contribution in [0.3, 0.4) is 0 Å². The molecule has 0 bridgehead atoms. The van der Waals surface area contributed by atoms with Gasteiger partial charge in [-0.2, -0.15) is 0 Å². The predicted molar refractivity (Wildman–Crippen MR) is 140 cm³/mol. The first-order chi connectivity index (χ1) is 17.8. The van der Waals surface area contributed by atoms with Crippen molar-refractivity contribution in [3.05, 3.63) is 71.4 Å². The lowest BCUT2D eigenvalue weighted by Gasteiger charge is -2.45. The van der Waals surface area contributed by atoms with E-state index in [9.17, 15) is 27.5 Å². The molecule has 2 aromatic carbocycles. The summed E-state index contributed by atoms with van der Waals surface area (Å²) < 4.78 is 42.1. The number of hydrogen-bond donors (Lipinski definition) is 1. The number of benzene rings is 2. The topological polar surface area (TPSA) is 95.0 Å². The van der Waals surface area contributed by atoms with E-state index in [2.05, 4.69) is 0 Å². The van der Waals surface area contributed by atoms with Crippen molar-refractivity contribution >= 4 is 38.9 Å². The van der Waals surface area contributed by atoms with Crippen molar-refractivity contribution in [3.8, 4) is 10.4 Å². The number of hydrogen-bond acceptors (Lipinski definition) is 6. The lowest BCUT2D eigenvalue weighted by molar-refractivity contribution is -0.130. The van der Waals surface area contributed by atoms with Crippen LogP contribution < -0.4 is 4.90 Å². The number of piperazine rings is 1. The van der Waals surface area contributed by atoms with Crippen LogP contribution in [-0.2, 0) is 14.8 Å². The van der Waals surface area contributed by atoms with E-state index < -0.39 is 38.7 Å². The number of rotatable bonds is 6. The van der Waals surface area contributed by atoms with Crippen molar-refractivity contribution < 1.29 is 27.5 Å². The molecule has 1 amide bonds. The smallest absolute Gasteiger partial charge is 0.348 e. The van der Waals surface area contributed by atoms with E-state index in [-0.39, 0.29) is 23.9 Å². The van der Waals surface area contributed by atoms with E-state index >= 15 is 0 Å². The second-order valence-corrected chi connectivity index (χ2v) is 12.3. The maximum Gasteiger partial charge on any atom is 0.348 e. The van der Waals surface area contributed by atoms with Gasteiger partial charge in [0, 0.05) is 11.4 Å². The number of aromatic carboxylic acids is 1. The van der Waals surface area contributed by atoms with Gasteiger partial charge in [0.05, 0.1) is 12.2 Å². The molecule has 3 aromatic rings. The molecule has 37 heavy (non-hydrogen) atoms. The zero-order valence-corrected chi connectivity index (χ0v) is 21.7. The number of carboxylic acids is 1. The quantitative estimate of drug-likeness (QED) is 0.458. The number of anilines is 1. The summed E-state index contributed by atoms with van der Waals surface area (Å²) in [6.07, 6.45) is 4.32. The Morgan fingerprint density at radius 3 is 2.32 bits per heavy atom. The summed E-state index contributed by atoms with van der Waals surface area (Å²) in [6, 6.07) is 15.4. The fourth-order valence-corrected chi connectivity index (χ4v) is 7.89. The summed E-state index contributed by atoms with van der Waals surface area (Å²) in [4.78, 5) is 28.3. The lowest BCUT2D eigenvalue weighted by Crippen LogP contribution is -2.61. The molecule has 2 fully saturated rings. The van der Waals surface area contributed by atoms with Crippen LogP contribution in [0.2, 0.25) is 0 Å². The molecule has 1 aromatic heterocycles. The Bertz CT molecular complexity index is 1420. The van der Waals surface area contributed by atoms with E-state index in [1.54, 1.807) is 11.0 Å². The summed E-state index contributed by atoms with van der Waals surface area (Å²) >= 11 is 1.14. The Labute approximate surface area is 219 Å². The minimum absolute atomic E-state index is 0.109. The highest BCUT2D eigenvalue weighted by Crippen LogP contribution is 2.42. The van der Waals surface area contributed by atoms with E-state index in [1.807, 2.05) is 30.3 Å². The van der Waals surface area contributed by atoms with Crippen LogP contribution in [0.1, 0.15) is 41.8 Å². The first-order valence-electron chi connectivity index (χ1n) is 12.3. The molecule has 1 saturated heterocycles. The molecule has 1 unspecified atom stereocenters. The summed E-state index contributed by atoms with van der Waals surface area (Å²) in [5.74, 6) is -2.78. The maximum atomic E-state index is 14.5. The highest BCUT2D eigenvalue weighted by molar-refractivity contribution is 7.89. The van der Waals surface area contributed by atoms with Crippen LogP contribution in [0.5, 0.6) is 0 Å². The third-order valence-electron chi connectivity index (χ3n) is 7.15. The zero-order chi connectivity index (χ0) is 26.2. The molecule has 1 saturated carbocycles. The Morgan fingerprint density at radius 1 is 0.973 bits per heavy atom. The largest absolute Gasteiger partial charge is 0.477 e. The predicted octanol–water partition coefficient (Wildman–Crippen LogP) is 5.24. The Morgan fingerprint density at radius 2 is 1.65 bits per heavy atom. The van der Waals surface area contributed by atoms with Gasteiger partial charge in [-0.25, -0.2) is 21.9 Å². The molecule has 7 nitrogen and oxygen atoms in total. The van der Waals surface area contributed by atoms with Gasteiger partial charge in [-0.3, -0.25) is 4.79 Å². The fraction of sp³-hybridized carbons (Fsp3) is 0.333. The molecule has 5 rings (SSSR count). The van der Waals surface area contributed by atoms with E-state index in [0.717, 1.165) is 70.3 Å². The first kappa shape index (κ1) is 25.4. The van der Waals surface area contributed by atoms with E-state index in [0.29, 0.717) is 5.69 Å². The van der Waals surface area contributed by atoms with Crippen molar-refractivity contribution in [2.75, 3.05) is 18.0 Å². The third-order valence-corrected chi connectivity index (χ3v) is 10.1. The molecule has 0 spiro atoms. The number of amides is 1. The van der Waals surface area contributed by atoms with Crippen molar-refractivity contribution in [1.82, 2.24) is 4.31 Å². The number of thiophene rings is 1. The van der Waals surface area contributed by atoms with Crippen LogP contribution in [0, 0.1) is 11.7 Å². The summed E-state index contributed by atoms with van der Waals surface area (Å²) in [5, 5.41) is 10.0. The molecule has 1 atom stereocenters. The standard InChI is InChI=1S/C27H27FN2O5S2/c28-20-13-7-8-14-23(20)37(34,35)30-16-15-29(24(26(30)31)19-11-5-2-6-12-19)21-17-22(36-25(21)27(32)33)18-9-3-1-4-10-18/h1,3-4,7-10,13-14,17,19,24H,2,5-6,11-12,15-16H2,(H,32,33). The zero-order valence-electron chi connectivity index (χ0n) is 20.0. The van der Waals surface area contributed by atoms with Gasteiger partial charge in [-0.1, -0.05) is 61.7 Å². The van der Waals surface area contributed by atoms with Crippen LogP contribution in [0.15, 0.2) is 65.6 Å². The number of carbonyl (C=O) groups excluding carboxylic acids is 1. The Hall–Kier alpha value is -3.24. The summed E-state index contributed by atoms with van der Waals surface area (Å²) in [7, 11) is -4.41. The van der Waals surface area contributed by atoms with Gasteiger partial charge in [0.25, 0.3) is 15.9 Å². The molecule has 1 N–H and O–H groups in total. The third kappa shape index (κ3) is 4.75. The normalized spacial score (nSPS) is 19.3. The second-order valence-electron chi connectivity index (χ2n) is 9.38. The van der Waals surface area contributed by atoms with Crippen LogP contribution >= 0.6 is 11.3 Å². The van der Waals surface area contributed by atoms with Crippen molar-refractivity contribution in [2.45, 2.75) is 43.0 Å². The van der Waals surface area contributed by atoms with Crippen molar-refractivity contribution in [3.63, 3.8) is 0 Å². The number of halogens is 1. The summed E-state index contributed by atoms with van der Waals surface area (Å²) in [5.41, 5.74) is 1.28. The van der Waals surface area contributed by atoms with Gasteiger partial charge in [-0.05, 0) is 42.5 Å². The average molecular weight is 543 g/mol. The molecular formula is C27H27FN2O5S2. The Balaban J connectivity index is 1.57. The van der Waals surface area contributed by atoms with Crippen molar-refractivity contribution in [1.29, 1.82) is 0 Å². The second kappa shape index (κ2) is 10.3. The minimum atomic E-state index is -4.41. The molecule has 10 heteroatoms. The molecule has 0 radical (unpaired) electrons. The van der Waals surface area contributed by atoms with Crippen LogP contribution in [0.25, 0.3) is 10.4 Å². The van der Waals surface area contributed by atoms with Crippen LogP contribution in [-0.4, -0.2) is 48.8 Å². The highest BCUT2D eigenvalue weighted by Gasteiger charge is 2.46. The molecule has 2 aliphatic rings. The van der Waals surface area contributed by atoms with Gasteiger partial charge in [0.2, 0.25) is 0 Å². The van der Waals surface area contributed by atoms with Gasteiger partial charge in [-0.15, -0.1) is 11.3 Å². The monoisotopic (exact) mass is 542 g/mol. The lowest BCUT2D eigenvalue weighted by atomic mass is 9.82. The van der Waals surface area contributed by atoms with E-state index in [1.165, 1.54) is 12.1 Å². The highest BCUT2D eigenvalue weighted by atomic mass is 32.2. The summed E-state index contributed by atoms with van der Waals surface area (Å²) in [6.45, 7) is -0.0832. The van der Waals surface area contributed by atoms with Gasteiger partial charge in [0.1, 0.15) is 21.6 Å². The minimum Gasteiger partial charge on any atom is -0.477 e. The Kier molecular flexibility index (Phi) is 7.04. The van der Waals surface area contributed by atoms with Crippen molar-refractivity contribution in [2.24, 2.45) is 5.92 Å². The number of sulfonamides is 1. The molecule has 1 aliphatic carbocycles. The SMILES string of the molecule is O=C(O)c1sc(-c2ccccc2)cc1N1CCN(S(=O)(=O)c2ccccc2F)C(=O)C1C1CCCCC1. The van der Waals surface area contributed by atoms with E-state index in [4.69, 9.17) is 0 Å².